The lowest BCUT2D eigenvalue weighted by Crippen LogP contribution is -2.16. The average molecular weight is 514 g/mol. The molecule has 1 amide bonds. The van der Waals surface area contributed by atoms with Gasteiger partial charge in [-0.1, -0.05) is 28.1 Å². The third-order valence-corrected chi connectivity index (χ3v) is 5.57. The molecule has 0 saturated carbocycles. The number of aromatic nitrogens is 3. The highest BCUT2D eigenvalue weighted by molar-refractivity contribution is 9.10. The highest BCUT2D eigenvalue weighted by Crippen LogP contribution is 2.32. The van der Waals surface area contributed by atoms with Crippen LogP contribution in [0.2, 0.25) is 0 Å². The van der Waals surface area contributed by atoms with E-state index < -0.39 is 17.8 Å². The monoisotopic (exact) mass is 513 g/mol. The van der Waals surface area contributed by atoms with Crippen LogP contribution in [0, 0.1) is 18.3 Å². The standard InChI is InChI=1S/C23H15BrF3N5O/c1-13-20(11-29-32(13)12-15-4-2-14(10-28)3-5-15)31-22(33)18-9-21(23(25,26)27)30-19-7-6-16(24)8-17(18)19/h2-9,11H,12H2,1H3,(H,31,33). The molecule has 10 heteroatoms. The Morgan fingerprint density at radius 1 is 1.18 bits per heavy atom. The summed E-state index contributed by atoms with van der Waals surface area (Å²) in [7, 11) is 0. The second-order valence-electron chi connectivity index (χ2n) is 7.28. The van der Waals surface area contributed by atoms with Crippen LogP contribution in [-0.2, 0) is 12.7 Å². The number of nitriles is 1. The van der Waals surface area contributed by atoms with Crippen LogP contribution in [0.25, 0.3) is 10.9 Å². The number of alkyl halides is 3. The van der Waals surface area contributed by atoms with Gasteiger partial charge in [0.2, 0.25) is 0 Å². The maximum atomic E-state index is 13.4. The zero-order valence-corrected chi connectivity index (χ0v) is 18.7. The number of anilines is 1. The van der Waals surface area contributed by atoms with E-state index in [1.54, 1.807) is 48.0 Å². The van der Waals surface area contributed by atoms with Gasteiger partial charge in [-0.25, -0.2) is 4.98 Å². The third kappa shape index (κ3) is 4.73. The molecule has 6 nitrogen and oxygen atoms in total. The maximum absolute atomic E-state index is 13.4. The molecule has 0 spiro atoms. The number of fused-ring (bicyclic) bond motifs is 1. The number of pyridine rings is 1. The van der Waals surface area contributed by atoms with Crippen molar-refractivity contribution < 1.29 is 18.0 Å². The number of nitrogens with one attached hydrogen (secondary N) is 1. The van der Waals surface area contributed by atoms with Crippen molar-refractivity contribution in [2.75, 3.05) is 5.32 Å². The lowest BCUT2D eigenvalue weighted by Gasteiger charge is -2.12. The van der Waals surface area contributed by atoms with Crippen LogP contribution in [0.5, 0.6) is 0 Å². The van der Waals surface area contributed by atoms with E-state index >= 15 is 0 Å². The van der Waals surface area contributed by atoms with Crippen LogP contribution < -0.4 is 5.32 Å². The van der Waals surface area contributed by atoms with Crippen molar-refractivity contribution in [3.8, 4) is 6.07 Å². The molecule has 0 saturated heterocycles. The molecule has 0 fully saturated rings. The summed E-state index contributed by atoms with van der Waals surface area (Å²) in [6.07, 6.45) is -3.25. The zero-order valence-electron chi connectivity index (χ0n) is 17.1. The van der Waals surface area contributed by atoms with Crippen LogP contribution in [0.15, 0.2) is 59.2 Å². The number of hydrogen-bond acceptors (Lipinski definition) is 4. The van der Waals surface area contributed by atoms with Crippen LogP contribution >= 0.6 is 15.9 Å². The first-order valence-electron chi connectivity index (χ1n) is 9.66. The molecule has 0 aliphatic carbocycles. The minimum Gasteiger partial charge on any atom is -0.319 e. The summed E-state index contributed by atoms with van der Waals surface area (Å²) < 4.78 is 42.3. The molecule has 0 aliphatic rings. The van der Waals surface area contributed by atoms with E-state index in [9.17, 15) is 18.0 Å². The minimum absolute atomic E-state index is 0.0615. The zero-order chi connectivity index (χ0) is 23.8. The first kappa shape index (κ1) is 22.5. The summed E-state index contributed by atoms with van der Waals surface area (Å²) >= 11 is 3.28. The molecule has 4 rings (SSSR count). The number of amides is 1. The highest BCUT2D eigenvalue weighted by atomic mass is 79.9. The summed E-state index contributed by atoms with van der Waals surface area (Å²) in [5.41, 5.74) is 1.22. The Bertz CT molecular complexity index is 1400. The topological polar surface area (TPSA) is 83.6 Å². The molecule has 0 aliphatic heterocycles. The third-order valence-electron chi connectivity index (χ3n) is 5.07. The highest BCUT2D eigenvalue weighted by Gasteiger charge is 2.34. The average Bonchev–Trinajstić information content (AvgIpc) is 3.11. The van der Waals surface area contributed by atoms with Crippen molar-refractivity contribution in [1.29, 1.82) is 5.26 Å². The Balaban J connectivity index is 1.65. The molecule has 4 aromatic rings. The van der Waals surface area contributed by atoms with Crippen molar-refractivity contribution in [3.05, 3.63) is 87.3 Å². The summed E-state index contributed by atoms with van der Waals surface area (Å²) in [6.45, 7) is 2.14. The first-order chi connectivity index (χ1) is 15.7. The van der Waals surface area contributed by atoms with Gasteiger partial charge in [0.15, 0.2) is 0 Å². The number of hydrogen-bond donors (Lipinski definition) is 1. The SMILES string of the molecule is Cc1c(NC(=O)c2cc(C(F)(F)F)nc3ccc(Br)cc23)cnn1Cc1ccc(C#N)cc1. The molecule has 2 aromatic carbocycles. The number of halogens is 4. The number of carbonyl (C=O) groups is 1. The number of rotatable bonds is 4. The Labute approximate surface area is 194 Å². The van der Waals surface area contributed by atoms with Crippen molar-refractivity contribution in [2.24, 2.45) is 0 Å². The van der Waals surface area contributed by atoms with E-state index in [1.165, 1.54) is 12.3 Å². The molecule has 2 aromatic heterocycles. The Hall–Kier alpha value is -3.71. The molecular weight excluding hydrogens is 499 g/mol. The van der Waals surface area contributed by atoms with E-state index in [4.69, 9.17) is 5.26 Å². The molecule has 0 bridgehead atoms. The minimum atomic E-state index is -4.70. The van der Waals surface area contributed by atoms with Crippen LogP contribution in [0.4, 0.5) is 18.9 Å². The number of carbonyl (C=O) groups excluding carboxylic acids is 1. The molecule has 1 N–H and O–H groups in total. The van der Waals surface area contributed by atoms with Gasteiger partial charge in [-0.15, -0.1) is 0 Å². The smallest absolute Gasteiger partial charge is 0.319 e. The number of benzene rings is 2. The molecule has 33 heavy (non-hydrogen) atoms. The Morgan fingerprint density at radius 3 is 2.58 bits per heavy atom. The van der Waals surface area contributed by atoms with Crippen molar-refractivity contribution in [3.63, 3.8) is 0 Å². The molecule has 2 heterocycles. The summed E-state index contributed by atoms with van der Waals surface area (Å²) in [4.78, 5) is 16.7. The predicted molar refractivity (Wildman–Crippen MR) is 120 cm³/mol. The van der Waals surface area contributed by atoms with E-state index in [2.05, 4.69) is 37.4 Å². The van der Waals surface area contributed by atoms with Crippen LogP contribution in [0.3, 0.4) is 0 Å². The van der Waals surface area contributed by atoms with E-state index in [1.807, 2.05) is 0 Å². The Morgan fingerprint density at radius 2 is 1.91 bits per heavy atom. The summed E-state index contributed by atoms with van der Waals surface area (Å²) in [5.74, 6) is -0.702. The lowest BCUT2D eigenvalue weighted by atomic mass is 10.1. The first-order valence-corrected chi connectivity index (χ1v) is 10.5. The van der Waals surface area contributed by atoms with Gasteiger partial charge in [0.1, 0.15) is 5.69 Å². The quantitative estimate of drug-likeness (QED) is 0.379. The maximum Gasteiger partial charge on any atom is 0.433 e. The van der Waals surface area contributed by atoms with E-state index in [-0.39, 0.29) is 16.5 Å². The van der Waals surface area contributed by atoms with Gasteiger partial charge >= 0.3 is 6.18 Å². The second kappa shape index (κ2) is 8.67. The molecule has 166 valence electrons. The van der Waals surface area contributed by atoms with Gasteiger partial charge in [0, 0.05) is 9.86 Å². The Kier molecular flexibility index (Phi) is 5.91. The van der Waals surface area contributed by atoms with Gasteiger partial charge in [0.25, 0.3) is 5.91 Å². The lowest BCUT2D eigenvalue weighted by molar-refractivity contribution is -0.140. The van der Waals surface area contributed by atoms with E-state index in [0.717, 1.165) is 11.6 Å². The number of nitrogens with zero attached hydrogens (tertiary/aromatic N) is 4. The molecule has 0 atom stereocenters. The second-order valence-corrected chi connectivity index (χ2v) is 8.19. The fraction of sp³-hybridized carbons (Fsp3) is 0.130. The fourth-order valence-electron chi connectivity index (χ4n) is 3.31. The molecule has 0 unspecified atom stereocenters. The largest absolute Gasteiger partial charge is 0.433 e. The van der Waals surface area contributed by atoms with E-state index in [0.29, 0.717) is 28.0 Å². The van der Waals surface area contributed by atoms with Crippen molar-refractivity contribution in [2.45, 2.75) is 19.6 Å². The van der Waals surface area contributed by atoms with Gasteiger partial charge in [-0.05, 0) is 48.9 Å². The van der Waals surface area contributed by atoms with Gasteiger partial charge in [0.05, 0.1) is 46.8 Å². The van der Waals surface area contributed by atoms with Gasteiger partial charge < -0.3 is 5.32 Å². The molecule has 0 radical (unpaired) electrons. The normalized spacial score (nSPS) is 11.4. The van der Waals surface area contributed by atoms with Crippen molar-refractivity contribution in [1.82, 2.24) is 14.8 Å². The van der Waals surface area contributed by atoms with Crippen LogP contribution in [0.1, 0.15) is 32.9 Å². The van der Waals surface area contributed by atoms with Crippen LogP contribution in [-0.4, -0.2) is 20.7 Å². The van der Waals surface area contributed by atoms with Gasteiger partial charge in [-0.3, -0.25) is 9.48 Å². The van der Waals surface area contributed by atoms with Gasteiger partial charge in [-0.2, -0.15) is 23.5 Å². The molecular formula is C23H15BrF3N5O. The predicted octanol–water partition coefficient (Wildman–Crippen LogP) is 5.69. The summed E-state index contributed by atoms with van der Waals surface area (Å²) in [5, 5.41) is 16.1. The summed E-state index contributed by atoms with van der Waals surface area (Å²) in [6, 6.07) is 14.3. The van der Waals surface area contributed by atoms with Crippen molar-refractivity contribution >= 4 is 38.4 Å². The fourth-order valence-corrected chi connectivity index (χ4v) is 3.67.